The molecule has 0 fully saturated rings. The monoisotopic (exact) mass is 218 g/mol. The molecule has 0 N–H and O–H groups in total. The molecule has 0 aliphatic carbocycles. The third-order valence-corrected chi connectivity index (χ3v) is 2.55. The fourth-order valence-electron chi connectivity index (χ4n) is 1.93. The van der Waals surface area contributed by atoms with Crippen LogP contribution in [0.2, 0.25) is 0 Å². The van der Waals surface area contributed by atoms with Crippen LogP contribution in [0.3, 0.4) is 0 Å². The summed E-state index contributed by atoms with van der Waals surface area (Å²) >= 11 is 0. The molecule has 0 saturated carbocycles. The van der Waals surface area contributed by atoms with Gasteiger partial charge in [0.15, 0.2) is 5.78 Å². The molecule has 0 spiro atoms. The van der Waals surface area contributed by atoms with E-state index in [4.69, 9.17) is 0 Å². The number of hydrogen-bond acceptors (Lipinski definition) is 2. The average Bonchev–Trinajstić information content (AvgIpc) is 2.13. The van der Waals surface area contributed by atoms with Crippen LogP contribution in [0, 0.1) is 19.8 Å². The summed E-state index contributed by atoms with van der Waals surface area (Å²) in [7, 11) is 0. The minimum atomic E-state index is -0.223. The van der Waals surface area contributed by atoms with Crippen molar-refractivity contribution in [1.82, 2.24) is 0 Å². The highest BCUT2D eigenvalue weighted by molar-refractivity contribution is 5.99. The zero-order chi connectivity index (χ0) is 12.3. The van der Waals surface area contributed by atoms with Crippen LogP contribution in [0.25, 0.3) is 0 Å². The molecule has 2 heteroatoms. The Labute approximate surface area is 96.7 Å². The Morgan fingerprint density at radius 3 is 2.06 bits per heavy atom. The Morgan fingerprint density at radius 2 is 1.62 bits per heavy atom. The number of Topliss-reactive ketones (excluding diaryl/α,β-unsaturated/α-hetero) is 2. The van der Waals surface area contributed by atoms with E-state index >= 15 is 0 Å². The molecule has 0 bridgehead atoms. The largest absolute Gasteiger partial charge is 0.300 e. The smallest absolute Gasteiger partial charge is 0.166 e. The summed E-state index contributed by atoms with van der Waals surface area (Å²) in [5.74, 6) is -0.106. The number of carbonyl (C=O) groups is 2. The molecule has 0 heterocycles. The molecule has 16 heavy (non-hydrogen) atoms. The van der Waals surface area contributed by atoms with Crippen molar-refractivity contribution in [3.05, 3.63) is 34.9 Å². The number of carbonyl (C=O) groups excluding carboxylic acids is 2. The van der Waals surface area contributed by atoms with Crippen molar-refractivity contribution in [1.29, 1.82) is 0 Å². The minimum absolute atomic E-state index is 0.0574. The normalized spacial score (nSPS) is 12.2. The molecule has 0 aliphatic heterocycles. The first kappa shape index (κ1) is 12.6. The van der Waals surface area contributed by atoms with Crippen molar-refractivity contribution in [2.24, 2.45) is 5.92 Å². The molecule has 1 aromatic carbocycles. The molecule has 1 unspecified atom stereocenters. The van der Waals surface area contributed by atoms with Crippen LogP contribution in [-0.2, 0) is 4.79 Å². The van der Waals surface area contributed by atoms with Gasteiger partial charge in [0.1, 0.15) is 5.78 Å². The maximum Gasteiger partial charge on any atom is 0.166 e. The summed E-state index contributed by atoms with van der Waals surface area (Å²) < 4.78 is 0. The summed E-state index contributed by atoms with van der Waals surface area (Å²) in [6.07, 6.45) is 0.325. The molecule has 86 valence electrons. The van der Waals surface area contributed by atoms with Gasteiger partial charge in [-0.3, -0.25) is 4.79 Å². The van der Waals surface area contributed by atoms with E-state index in [0.717, 1.165) is 11.1 Å². The van der Waals surface area contributed by atoms with E-state index in [2.05, 4.69) is 0 Å². The number of benzene rings is 1. The van der Waals surface area contributed by atoms with E-state index in [-0.39, 0.29) is 17.5 Å². The summed E-state index contributed by atoms with van der Waals surface area (Å²) in [5.41, 5.74) is 2.88. The van der Waals surface area contributed by atoms with Crippen molar-refractivity contribution in [3.8, 4) is 0 Å². The first-order valence-electron chi connectivity index (χ1n) is 5.52. The third-order valence-electron chi connectivity index (χ3n) is 2.55. The lowest BCUT2D eigenvalue weighted by atomic mass is 9.93. The van der Waals surface area contributed by atoms with Crippen LogP contribution in [0.5, 0.6) is 0 Å². The lowest BCUT2D eigenvalue weighted by Gasteiger charge is -2.09. The van der Waals surface area contributed by atoms with E-state index in [0.29, 0.717) is 12.0 Å². The van der Waals surface area contributed by atoms with Crippen molar-refractivity contribution in [2.45, 2.75) is 34.1 Å². The predicted octanol–water partition coefficient (Wildman–Crippen LogP) is 3.10. The molecule has 0 radical (unpaired) electrons. The topological polar surface area (TPSA) is 34.1 Å². The van der Waals surface area contributed by atoms with Crippen molar-refractivity contribution >= 4 is 11.6 Å². The number of aryl methyl sites for hydroxylation is 2. The first-order chi connectivity index (χ1) is 7.40. The van der Waals surface area contributed by atoms with Gasteiger partial charge in [-0.1, -0.05) is 24.1 Å². The zero-order valence-corrected chi connectivity index (χ0v) is 10.3. The molecule has 1 rings (SSSR count). The highest BCUT2D eigenvalue weighted by Crippen LogP contribution is 2.15. The van der Waals surface area contributed by atoms with Crippen LogP contribution in [0.1, 0.15) is 41.8 Å². The molecular formula is C14H18O2. The van der Waals surface area contributed by atoms with E-state index in [1.807, 2.05) is 32.0 Å². The van der Waals surface area contributed by atoms with Crippen LogP contribution >= 0.6 is 0 Å². The maximum atomic E-state index is 12.0. The Morgan fingerprint density at radius 1 is 1.12 bits per heavy atom. The lowest BCUT2D eigenvalue weighted by molar-refractivity contribution is -0.117. The summed E-state index contributed by atoms with van der Waals surface area (Å²) in [4.78, 5) is 23.0. The van der Waals surface area contributed by atoms with Crippen molar-refractivity contribution in [3.63, 3.8) is 0 Å². The summed E-state index contributed by atoms with van der Waals surface area (Å²) in [6.45, 7) is 7.27. The number of ketones is 2. The van der Waals surface area contributed by atoms with Gasteiger partial charge in [0.2, 0.25) is 0 Å². The van der Waals surface area contributed by atoms with Gasteiger partial charge < -0.3 is 4.79 Å². The van der Waals surface area contributed by atoms with E-state index in [9.17, 15) is 9.59 Å². The molecule has 1 aromatic rings. The van der Waals surface area contributed by atoms with Crippen LogP contribution < -0.4 is 0 Å². The summed E-state index contributed by atoms with van der Waals surface area (Å²) in [6, 6.07) is 5.80. The van der Waals surface area contributed by atoms with E-state index in [1.165, 1.54) is 6.92 Å². The lowest BCUT2D eigenvalue weighted by Crippen LogP contribution is -2.14. The minimum Gasteiger partial charge on any atom is -0.300 e. The fourth-order valence-corrected chi connectivity index (χ4v) is 1.93. The quantitative estimate of drug-likeness (QED) is 0.728. The molecule has 0 aromatic heterocycles. The van der Waals surface area contributed by atoms with Gasteiger partial charge in [0.25, 0.3) is 0 Å². The maximum absolute atomic E-state index is 12.0. The fraction of sp³-hybridized carbons (Fsp3) is 0.429. The van der Waals surface area contributed by atoms with E-state index < -0.39 is 0 Å². The van der Waals surface area contributed by atoms with Gasteiger partial charge in [-0.2, -0.15) is 0 Å². The second kappa shape index (κ2) is 5.06. The highest BCUT2D eigenvalue weighted by atomic mass is 16.1. The van der Waals surface area contributed by atoms with Crippen LogP contribution in [0.4, 0.5) is 0 Å². The molecular weight excluding hydrogens is 200 g/mol. The molecule has 0 aliphatic rings. The van der Waals surface area contributed by atoms with Gasteiger partial charge in [0.05, 0.1) is 0 Å². The first-order valence-corrected chi connectivity index (χ1v) is 5.52. The molecule has 1 atom stereocenters. The Bertz CT molecular complexity index is 398. The molecule has 0 amide bonds. The van der Waals surface area contributed by atoms with Crippen LogP contribution in [-0.4, -0.2) is 11.6 Å². The predicted molar refractivity (Wildman–Crippen MR) is 64.7 cm³/mol. The number of hydrogen-bond donors (Lipinski definition) is 0. The van der Waals surface area contributed by atoms with Gasteiger partial charge in [-0.15, -0.1) is 0 Å². The van der Waals surface area contributed by atoms with Gasteiger partial charge in [0, 0.05) is 17.9 Å². The Hall–Kier alpha value is -1.44. The van der Waals surface area contributed by atoms with Gasteiger partial charge in [-0.05, 0) is 32.9 Å². The molecule has 0 saturated heterocycles. The summed E-state index contributed by atoms with van der Waals surface area (Å²) in [5, 5.41) is 0. The van der Waals surface area contributed by atoms with Crippen molar-refractivity contribution in [2.75, 3.05) is 0 Å². The van der Waals surface area contributed by atoms with Crippen LogP contribution in [0.15, 0.2) is 18.2 Å². The second-order valence-corrected chi connectivity index (χ2v) is 4.55. The Balaban J connectivity index is 2.91. The van der Waals surface area contributed by atoms with Gasteiger partial charge in [-0.25, -0.2) is 0 Å². The zero-order valence-electron chi connectivity index (χ0n) is 10.3. The third kappa shape index (κ3) is 3.30. The van der Waals surface area contributed by atoms with Crippen molar-refractivity contribution < 1.29 is 9.59 Å². The van der Waals surface area contributed by atoms with E-state index in [1.54, 1.807) is 6.92 Å². The molecule has 2 nitrogen and oxygen atoms in total. The second-order valence-electron chi connectivity index (χ2n) is 4.55. The number of rotatable bonds is 4. The average molecular weight is 218 g/mol. The SMILES string of the molecule is CC(=O)CC(C)C(=O)c1cc(C)cc(C)c1. The standard InChI is InChI=1S/C14H18O2/c1-9-5-10(2)7-13(6-9)14(16)11(3)8-12(4)15/h5-7,11H,8H2,1-4H3. The Kier molecular flexibility index (Phi) is 3.99. The highest BCUT2D eigenvalue weighted by Gasteiger charge is 2.17. The van der Waals surface area contributed by atoms with Gasteiger partial charge >= 0.3 is 0 Å².